The summed E-state index contributed by atoms with van der Waals surface area (Å²) in [7, 11) is 0. The zero-order valence-electron chi connectivity index (χ0n) is 21.6. The van der Waals surface area contributed by atoms with Gasteiger partial charge in [-0.05, 0) is 0 Å². The van der Waals surface area contributed by atoms with Crippen LogP contribution in [0.25, 0.3) is 0 Å². The molecule has 0 aliphatic rings. The molecule has 0 aromatic heterocycles. The molecule has 3 rings (SSSR count). The van der Waals surface area contributed by atoms with Crippen LogP contribution in [0.3, 0.4) is 0 Å². The van der Waals surface area contributed by atoms with E-state index >= 15 is 0 Å². The van der Waals surface area contributed by atoms with E-state index in [1.54, 1.807) is 0 Å². The first-order chi connectivity index (χ1) is 14.9. The van der Waals surface area contributed by atoms with Crippen molar-refractivity contribution in [3.05, 3.63) is 86.5 Å². The summed E-state index contributed by atoms with van der Waals surface area (Å²) in [6.07, 6.45) is 0.577. The average molecular weight is 622 g/mol. The van der Waals surface area contributed by atoms with Gasteiger partial charge in [-0.2, -0.15) is 0 Å². The molecule has 0 unspecified atom stereocenters. The van der Waals surface area contributed by atoms with Crippen molar-refractivity contribution in [2.45, 2.75) is 75.7 Å². The summed E-state index contributed by atoms with van der Waals surface area (Å²) in [6.45, 7) is 21.9. The standard InChI is InChI=1S/3C9H11.C3H5O.Pb/c3*1-7-4-8(2)6-9(3)5-7;1-2-3-4;/h3*4-5H,1-3H3;2H2,1H3;. The third kappa shape index (κ3) is 4.02. The van der Waals surface area contributed by atoms with Crippen LogP contribution < -0.4 is 9.37 Å². The molecule has 3 aromatic carbocycles. The molecule has 0 bridgehead atoms. The molecule has 0 aliphatic carbocycles. The quantitative estimate of drug-likeness (QED) is 0.347. The summed E-state index contributed by atoms with van der Waals surface area (Å²) >= 11 is -4.30. The van der Waals surface area contributed by atoms with Gasteiger partial charge in [0.1, 0.15) is 0 Å². The Morgan fingerprint density at radius 2 is 0.750 bits per heavy atom. The van der Waals surface area contributed by atoms with Gasteiger partial charge < -0.3 is 0 Å². The summed E-state index contributed by atoms with van der Waals surface area (Å²) in [5, 5.41) is 0. The van der Waals surface area contributed by atoms with E-state index in [0.29, 0.717) is 9.76 Å². The van der Waals surface area contributed by atoms with Crippen LogP contribution in [0.15, 0.2) is 36.4 Å². The number of carbonyl (C=O) groups is 1. The Bertz CT molecular complexity index is 1010. The summed E-state index contributed by atoms with van der Waals surface area (Å²) < 4.78 is 4.61. The van der Waals surface area contributed by atoms with Crippen LogP contribution in [0.2, 0.25) is 0 Å². The Balaban J connectivity index is 2.71. The van der Waals surface area contributed by atoms with Crippen LogP contribution >= 0.6 is 0 Å². The second-order valence-electron chi connectivity index (χ2n) is 9.85. The van der Waals surface area contributed by atoms with Gasteiger partial charge in [-0.1, -0.05) is 0 Å². The number of rotatable bonds is 5. The molecule has 2 heteroatoms. The van der Waals surface area contributed by atoms with Crippen LogP contribution in [0.5, 0.6) is 0 Å². The van der Waals surface area contributed by atoms with E-state index in [4.69, 9.17) is 0 Å². The van der Waals surface area contributed by atoms with Crippen molar-refractivity contribution in [3.63, 3.8) is 0 Å². The number of hydrogen-bond donors (Lipinski definition) is 0. The van der Waals surface area contributed by atoms with Gasteiger partial charge in [-0.15, -0.1) is 0 Å². The minimum absolute atomic E-state index is 0.484. The SMILES string of the molecule is CC[C](=O)[Pb]([c]1c(C)cc(C)cc1C)([c]1c(C)cc(C)cc1C)[c]1c(C)cc(C)cc1C. The topological polar surface area (TPSA) is 17.1 Å². The second kappa shape index (κ2) is 9.25. The first kappa shape index (κ1) is 24.9. The predicted molar refractivity (Wildman–Crippen MR) is 142 cm³/mol. The summed E-state index contributed by atoms with van der Waals surface area (Å²) in [5.74, 6) is 0. The Hall–Kier alpha value is -1.75. The van der Waals surface area contributed by atoms with Crippen LogP contribution in [-0.4, -0.2) is 24.5 Å². The molecule has 0 saturated carbocycles. The molecule has 0 heterocycles. The number of aryl methyl sites for hydroxylation is 9. The molecular weight excluding hydrogens is 584 g/mol. The number of carbonyl (C=O) groups excluding carboxylic acids is 1. The van der Waals surface area contributed by atoms with Gasteiger partial charge in [0.05, 0.1) is 0 Å². The summed E-state index contributed by atoms with van der Waals surface area (Å²) in [5.41, 5.74) is 11.5. The summed E-state index contributed by atoms with van der Waals surface area (Å²) in [6, 6.07) is 13.7. The van der Waals surface area contributed by atoms with Gasteiger partial charge in [-0.3, -0.25) is 0 Å². The molecule has 32 heavy (non-hydrogen) atoms. The van der Waals surface area contributed by atoms with Gasteiger partial charge in [-0.25, -0.2) is 0 Å². The van der Waals surface area contributed by atoms with Crippen molar-refractivity contribution >= 4 is 33.9 Å². The molecule has 1 nitrogen and oxygen atoms in total. The maximum atomic E-state index is 14.5. The van der Waals surface area contributed by atoms with Gasteiger partial charge in [0.2, 0.25) is 0 Å². The van der Waals surface area contributed by atoms with Crippen LogP contribution in [0, 0.1) is 62.3 Å². The van der Waals surface area contributed by atoms with E-state index in [1.165, 1.54) is 59.4 Å². The predicted octanol–water partition coefficient (Wildman–Crippen LogP) is 5.45. The second-order valence-corrected chi connectivity index (χ2v) is 23.7. The van der Waals surface area contributed by atoms with Gasteiger partial charge in [0.15, 0.2) is 0 Å². The Kier molecular flexibility index (Phi) is 7.19. The number of hydrogen-bond acceptors (Lipinski definition) is 1. The van der Waals surface area contributed by atoms with Crippen molar-refractivity contribution in [1.29, 1.82) is 0 Å². The van der Waals surface area contributed by atoms with E-state index < -0.39 is 21.2 Å². The third-order valence-electron chi connectivity index (χ3n) is 6.90. The molecular formula is C30H38OPb. The number of benzene rings is 3. The van der Waals surface area contributed by atoms with Gasteiger partial charge in [0.25, 0.3) is 0 Å². The zero-order chi connectivity index (χ0) is 24.0. The van der Waals surface area contributed by atoms with Crippen molar-refractivity contribution in [2.75, 3.05) is 0 Å². The Morgan fingerprint density at radius 1 is 0.531 bits per heavy atom. The van der Waals surface area contributed by atoms with Crippen molar-refractivity contribution in [1.82, 2.24) is 0 Å². The zero-order valence-corrected chi connectivity index (χ0v) is 25.5. The molecule has 0 aliphatic heterocycles. The monoisotopic (exact) mass is 622 g/mol. The minimum atomic E-state index is -4.30. The molecule has 0 spiro atoms. The molecule has 3 aromatic rings. The van der Waals surface area contributed by atoms with Crippen LogP contribution in [-0.2, 0) is 4.79 Å². The third-order valence-corrected chi connectivity index (χ3v) is 29.5. The van der Waals surface area contributed by atoms with E-state index in [-0.39, 0.29) is 0 Å². The van der Waals surface area contributed by atoms with E-state index in [0.717, 1.165) is 0 Å². The normalized spacial score (nSPS) is 11.7. The van der Waals surface area contributed by atoms with Crippen LogP contribution in [0.4, 0.5) is 0 Å². The molecule has 0 N–H and O–H groups in total. The van der Waals surface area contributed by atoms with Crippen molar-refractivity contribution in [2.24, 2.45) is 0 Å². The van der Waals surface area contributed by atoms with Crippen LogP contribution in [0.1, 0.15) is 63.4 Å². The van der Waals surface area contributed by atoms with Crippen molar-refractivity contribution in [3.8, 4) is 0 Å². The molecule has 0 radical (unpaired) electrons. The maximum absolute atomic E-state index is 14.5. The summed E-state index contributed by atoms with van der Waals surface area (Å²) in [4.78, 5) is 14.5. The molecule has 0 amide bonds. The fraction of sp³-hybridized carbons (Fsp3) is 0.367. The fourth-order valence-electron chi connectivity index (χ4n) is 6.37. The van der Waals surface area contributed by atoms with Gasteiger partial charge in [0, 0.05) is 0 Å². The Morgan fingerprint density at radius 3 is 0.938 bits per heavy atom. The average Bonchev–Trinajstić information content (AvgIpc) is 2.64. The van der Waals surface area contributed by atoms with E-state index in [9.17, 15) is 4.79 Å². The first-order valence-corrected chi connectivity index (χ1v) is 19.5. The fourth-order valence-corrected chi connectivity index (χ4v) is 30.1. The first-order valence-electron chi connectivity index (χ1n) is 11.7. The van der Waals surface area contributed by atoms with Gasteiger partial charge >= 0.3 is 201 Å². The van der Waals surface area contributed by atoms with E-state index in [2.05, 4.69) is 106 Å². The Labute approximate surface area is 199 Å². The molecule has 168 valence electrons. The molecule has 0 fully saturated rings. The van der Waals surface area contributed by atoms with E-state index in [1.807, 2.05) is 0 Å². The van der Waals surface area contributed by atoms with Crippen molar-refractivity contribution < 1.29 is 4.79 Å². The molecule has 0 atom stereocenters. The molecule has 0 saturated heterocycles.